The van der Waals surface area contributed by atoms with E-state index in [0.717, 1.165) is 6.54 Å². The van der Waals surface area contributed by atoms with Gasteiger partial charge in [-0.25, -0.2) is 0 Å². The van der Waals surface area contributed by atoms with Crippen LogP contribution in [0.5, 0.6) is 0 Å². The fourth-order valence-electron chi connectivity index (χ4n) is 2.01. The molecule has 2 N–H and O–H groups in total. The third kappa shape index (κ3) is 6.12. The number of nitrogens with two attached hydrogens (primary N) is 1. The van der Waals surface area contributed by atoms with Gasteiger partial charge in [0.2, 0.25) is 0 Å². The molecule has 0 saturated heterocycles. The molecule has 3 heteroatoms. The molecule has 98 valence electrons. The standard InChI is InChI=1S/C13H30N2S/c1-5-7-9-15(12(3)6-2)13(11-14)8-10-16-4/h12-13H,5-11,14H2,1-4H3. The van der Waals surface area contributed by atoms with Crippen LogP contribution in [0.15, 0.2) is 0 Å². The lowest BCUT2D eigenvalue weighted by Crippen LogP contribution is -2.46. The number of nitrogens with zero attached hydrogens (tertiary/aromatic N) is 1. The molecule has 0 aliphatic heterocycles. The Morgan fingerprint density at radius 3 is 2.44 bits per heavy atom. The third-order valence-corrected chi connectivity index (χ3v) is 3.97. The maximum absolute atomic E-state index is 5.93. The number of thioether (sulfide) groups is 1. The van der Waals surface area contributed by atoms with Gasteiger partial charge in [0.1, 0.15) is 0 Å². The smallest absolute Gasteiger partial charge is 0.0229 e. The Bertz CT molecular complexity index is 153. The van der Waals surface area contributed by atoms with Crippen LogP contribution in [0.4, 0.5) is 0 Å². The van der Waals surface area contributed by atoms with Crippen molar-refractivity contribution in [3.8, 4) is 0 Å². The molecule has 0 aromatic carbocycles. The lowest BCUT2D eigenvalue weighted by Gasteiger charge is -2.35. The summed E-state index contributed by atoms with van der Waals surface area (Å²) in [6.07, 6.45) is 7.19. The van der Waals surface area contributed by atoms with E-state index in [-0.39, 0.29) is 0 Å². The van der Waals surface area contributed by atoms with E-state index >= 15 is 0 Å². The van der Waals surface area contributed by atoms with Crippen molar-refractivity contribution in [3.63, 3.8) is 0 Å². The van der Waals surface area contributed by atoms with Crippen LogP contribution in [0.25, 0.3) is 0 Å². The van der Waals surface area contributed by atoms with Crippen molar-refractivity contribution in [1.82, 2.24) is 4.90 Å². The van der Waals surface area contributed by atoms with Crippen LogP contribution in [0.2, 0.25) is 0 Å². The summed E-state index contributed by atoms with van der Waals surface area (Å²) in [4.78, 5) is 2.62. The van der Waals surface area contributed by atoms with Crippen molar-refractivity contribution in [2.75, 3.05) is 25.1 Å². The first-order chi connectivity index (χ1) is 7.71. The minimum absolute atomic E-state index is 0.578. The van der Waals surface area contributed by atoms with Gasteiger partial charge in [0.15, 0.2) is 0 Å². The molecular weight excluding hydrogens is 216 g/mol. The molecule has 2 unspecified atom stereocenters. The van der Waals surface area contributed by atoms with Crippen molar-refractivity contribution < 1.29 is 0 Å². The van der Waals surface area contributed by atoms with Crippen molar-refractivity contribution in [2.45, 2.75) is 58.5 Å². The Kier molecular flexibility index (Phi) is 10.6. The van der Waals surface area contributed by atoms with Gasteiger partial charge in [-0.3, -0.25) is 4.90 Å². The lowest BCUT2D eigenvalue weighted by atomic mass is 10.1. The van der Waals surface area contributed by atoms with Crippen LogP contribution in [0, 0.1) is 0 Å². The zero-order valence-corrected chi connectivity index (χ0v) is 12.4. The first-order valence-corrected chi connectivity index (χ1v) is 8.05. The van der Waals surface area contributed by atoms with Crippen LogP contribution in [-0.4, -0.2) is 42.1 Å². The topological polar surface area (TPSA) is 29.3 Å². The summed E-state index contributed by atoms with van der Waals surface area (Å²) in [5.41, 5.74) is 5.93. The Morgan fingerprint density at radius 1 is 1.31 bits per heavy atom. The highest BCUT2D eigenvalue weighted by atomic mass is 32.2. The maximum Gasteiger partial charge on any atom is 0.0229 e. The van der Waals surface area contributed by atoms with Crippen molar-refractivity contribution in [2.24, 2.45) is 5.73 Å². The van der Waals surface area contributed by atoms with Gasteiger partial charge in [-0.05, 0) is 44.7 Å². The van der Waals surface area contributed by atoms with Crippen molar-refractivity contribution in [3.05, 3.63) is 0 Å². The highest BCUT2D eigenvalue weighted by molar-refractivity contribution is 7.98. The average molecular weight is 246 g/mol. The van der Waals surface area contributed by atoms with E-state index in [2.05, 4.69) is 31.9 Å². The molecule has 0 aliphatic carbocycles. The summed E-state index contributed by atoms with van der Waals surface area (Å²) in [5.74, 6) is 1.22. The fraction of sp³-hybridized carbons (Fsp3) is 1.00. The molecule has 0 fully saturated rings. The van der Waals surface area contributed by atoms with Crippen LogP contribution in [0.3, 0.4) is 0 Å². The van der Waals surface area contributed by atoms with Crippen molar-refractivity contribution >= 4 is 11.8 Å². The summed E-state index contributed by atoms with van der Waals surface area (Å²) in [6.45, 7) is 8.87. The van der Waals surface area contributed by atoms with Gasteiger partial charge in [-0.2, -0.15) is 11.8 Å². The van der Waals surface area contributed by atoms with Gasteiger partial charge in [-0.1, -0.05) is 20.3 Å². The molecule has 0 heterocycles. The van der Waals surface area contributed by atoms with Gasteiger partial charge in [0, 0.05) is 18.6 Å². The minimum Gasteiger partial charge on any atom is -0.329 e. The molecule has 0 spiro atoms. The molecule has 0 bridgehead atoms. The molecule has 2 nitrogen and oxygen atoms in total. The fourth-order valence-corrected chi connectivity index (χ4v) is 2.52. The lowest BCUT2D eigenvalue weighted by molar-refractivity contribution is 0.138. The highest BCUT2D eigenvalue weighted by Crippen LogP contribution is 2.14. The summed E-state index contributed by atoms with van der Waals surface area (Å²) < 4.78 is 0. The van der Waals surface area contributed by atoms with E-state index in [1.807, 2.05) is 11.8 Å². The molecule has 16 heavy (non-hydrogen) atoms. The largest absolute Gasteiger partial charge is 0.329 e. The summed E-state index contributed by atoms with van der Waals surface area (Å²) in [5, 5.41) is 0. The molecular formula is C13H30N2S. The number of hydrogen-bond donors (Lipinski definition) is 1. The molecule has 2 atom stereocenters. The molecule has 0 saturated carbocycles. The Morgan fingerprint density at radius 2 is 2.00 bits per heavy atom. The minimum atomic E-state index is 0.578. The molecule has 0 aromatic rings. The number of unbranched alkanes of at least 4 members (excludes halogenated alkanes) is 1. The van der Waals surface area contributed by atoms with Crippen molar-refractivity contribution in [1.29, 1.82) is 0 Å². The summed E-state index contributed by atoms with van der Waals surface area (Å²) in [7, 11) is 0. The van der Waals surface area contributed by atoms with E-state index in [1.165, 1.54) is 38.0 Å². The van der Waals surface area contributed by atoms with E-state index < -0.39 is 0 Å². The second-order valence-electron chi connectivity index (χ2n) is 4.52. The normalized spacial score (nSPS) is 15.4. The van der Waals surface area contributed by atoms with Gasteiger partial charge >= 0.3 is 0 Å². The molecule has 0 aliphatic rings. The van der Waals surface area contributed by atoms with Gasteiger partial charge in [0.25, 0.3) is 0 Å². The van der Waals surface area contributed by atoms with E-state index in [4.69, 9.17) is 5.73 Å². The highest BCUT2D eigenvalue weighted by Gasteiger charge is 2.20. The zero-order valence-electron chi connectivity index (χ0n) is 11.5. The zero-order chi connectivity index (χ0) is 12.4. The second-order valence-corrected chi connectivity index (χ2v) is 5.51. The first-order valence-electron chi connectivity index (χ1n) is 6.65. The van der Waals surface area contributed by atoms with E-state index in [0.29, 0.717) is 12.1 Å². The summed E-state index contributed by atoms with van der Waals surface area (Å²) >= 11 is 1.92. The van der Waals surface area contributed by atoms with Crippen LogP contribution >= 0.6 is 11.8 Å². The first kappa shape index (κ1) is 16.3. The maximum atomic E-state index is 5.93. The Labute approximate surface area is 106 Å². The third-order valence-electron chi connectivity index (χ3n) is 3.32. The van der Waals surface area contributed by atoms with Crippen LogP contribution < -0.4 is 5.73 Å². The van der Waals surface area contributed by atoms with E-state index in [9.17, 15) is 0 Å². The molecule has 0 rings (SSSR count). The Balaban J connectivity index is 4.29. The number of rotatable bonds is 10. The molecule has 0 amide bonds. The van der Waals surface area contributed by atoms with Gasteiger partial charge in [-0.15, -0.1) is 0 Å². The second kappa shape index (κ2) is 10.4. The average Bonchev–Trinajstić information content (AvgIpc) is 2.32. The Hall–Kier alpha value is 0.270. The summed E-state index contributed by atoms with van der Waals surface area (Å²) in [6, 6.07) is 1.25. The molecule has 0 aromatic heterocycles. The predicted molar refractivity (Wildman–Crippen MR) is 77.2 cm³/mol. The predicted octanol–water partition coefficient (Wildman–Crippen LogP) is 2.97. The monoisotopic (exact) mass is 246 g/mol. The van der Waals surface area contributed by atoms with E-state index in [1.54, 1.807) is 0 Å². The SMILES string of the molecule is CCCCN(C(C)CC)C(CN)CCSC. The van der Waals surface area contributed by atoms with Gasteiger partial charge < -0.3 is 5.73 Å². The van der Waals surface area contributed by atoms with Crippen LogP contribution in [-0.2, 0) is 0 Å². The van der Waals surface area contributed by atoms with Crippen LogP contribution in [0.1, 0.15) is 46.5 Å². The molecule has 0 radical (unpaired) electrons. The number of hydrogen-bond acceptors (Lipinski definition) is 3. The quantitative estimate of drug-likeness (QED) is 0.642. The van der Waals surface area contributed by atoms with Gasteiger partial charge in [0.05, 0.1) is 0 Å².